The summed E-state index contributed by atoms with van der Waals surface area (Å²) < 4.78 is 5.68. The molecular formula is C18H15ClN2O2. The number of aromatic amines is 1. The molecule has 0 saturated heterocycles. The van der Waals surface area contributed by atoms with Crippen molar-refractivity contribution >= 4 is 11.6 Å². The quantitative estimate of drug-likeness (QED) is 0.761. The molecule has 2 N–H and O–H groups in total. The number of pyridine rings is 1. The van der Waals surface area contributed by atoms with Crippen LogP contribution >= 0.6 is 0 Å². The fraction of sp³-hybridized carbons (Fsp3) is 0. The van der Waals surface area contributed by atoms with Crippen molar-refractivity contribution in [2.45, 2.75) is 0 Å². The van der Waals surface area contributed by atoms with E-state index >= 15 is 0 Å². The third-order valence-corrected chi connectivity index (χ3v) is 3.06. The number of hydrogen-bond acceptors (Lipinski definition) is 2. The van der Waals surface area contributed by atoms with Crippen LogP contribution in [0, 0.1) is 0 Å². The highest BCUT2D eigenvalue weighted by Crippen LogP contribution is 2.21. The summed E-state index contributed by atoms with van der Waals surface area (Å²) >= 11 is 0. The summed E-state index contributed by atoms with van der Waals surface area (Å²) in [5.41, 5.74) is 1.35. The van der Waals surface area contributed by atoms with Gasteiger partial charge in [0.05, 0.1) is 0 Å². The number of hydrogen-bond donors (Lipinski definition) is 1. The number of carbonyl (C=O) groups excluding carboxylic acids is 1. The van der Waals surface area contributed by atoms with E-state index in [1.807, 2.05) is 60.8 Å². The van der Waals surface area contributed by atoms with E-state index in [0.29, 0.717) is 11.3 Å². The van der Waals surface area contributed by atoms with Crippen LogP contribution in [0.2, 0.25) is 0 Å². The molecule has 5 heteroatoms. The first-order chi connectivity index (χ1) is 10.8. The highest BCUT2D eigenvalue weighted by molar-refractivity contribution is 6.04. The van der Waals surface area contributed by atoms with E-state index in [4.69, 9.17) is 4.74 Å². The lowest BCUT2D eigenvalue weighted by molar-refractivity contribution is -0.378. The van der Waals surface area contributed by atoms with Crippen LogP contribution in [0.15, 0.2) is 79.1 Å². The van der Waals surface area contributed by atoms with E-state index in [1.54, 1.807) is 18.3 Å². The van der Waals surface area contributed by atoms with Gasteiger partial charge in [-0.1, -0.05) is 18.2 Å². The van der Waals surface area contributed by atoms with Gasteiger partial charge in [0.25, 0.3) is 5.91 Å². The zero-order chi connectivity index (χ0) is 15.2. The Balaban J connectivity index is 0.00000192. The van der Waals surface area contributed by atoms with Gasteiger partial charge in [0.15, 0.2) is 11.9 Å². The van der Waals surface area contributed by atoms with Crippen molar-refractivity contribution in [2.24, 2.45) is 0 Å². The van der Waals surface area contributed by atoms with Crippen molar-refractivity contribution in [3.05, 3.63) is 84.7 Å². The van der Waals surface area contributed by atoms with E-state index in [9.17, 15) is 4.79 Å². The summed E-state index contributed by atoms with van der Waals surface area (Å²) in [5, 5.41) is 2.85. The predicted octanol–water partition coefficient (Wildman–Crippen LogP) is 0.549. The van der Waals surface area contributed by atoms with Crippen molar-refractivity contribution in [3.8, 4) is 11.5 Å². The fourth-order valence-corrected chi connectivity index (χ4v) is 1.98. The van der Waals surface area contributed by atoms with Crippen LogP contribution in [0.4, 0.5) is 5.69 Å². The SMILES string of the molecule is O=C(Nc1ccc(Oc2ccc[nH+]c2)cc1)c1ccccc1.[Cl-]. The van der Waals surface area contributed by atoms with Crippen LogP contribution in [-0.2, 0) is 0 Å². The first kappa shape index (κ1) is 16.5. The molecule has 0 atom stereocenters. The maximum Gasteiger partial charge on any atom is 0.255 e. The second-order valence-electron chi connectivity index (χ2n) is 4.69. The van der Waals surface area contributed by atoms with Crippen molar-refractivity contribution in [2.75, 3.05) is 5.32 Å². The van der Waals surface area contributed by atoms with E-state index < -0.39 is 0 Å². The normalized spacial score (nSPS) is 9.57. The number of rotatable bonds is 4. The lowest BCUT2D eigenvalue weighted by atomic mass is 10.2. The highest BCUT2D eigenvalue weighted by atomic mass is 35.5. The molecule has 0 aliphatic rings. The van der Waals surface area contributed by atoms with Gasteiger partial charge in [-0.15, -0.1) is 0 Å². The minimum Gasteiger partial charge on any atom is -1.00 e. The summed E-state index contributed by atoms with van der Waals surface area (Å²) in [7, 11) is 0. The van der Waals surface area contributed by atoms with Crippen molar-refractivity contribution in [1.29, 1.82) is 0 Å². The number of aromatic nitrogens is 1. The molecule has 2 aromatic carbocycles. The first-order valence-electron chi connectivity index (χ1n) is 6.92. The summed E-state index contributed by atoms with van der Waals surface area (Å²) in [5.74, 6) is 1.30. The third kappa shape index (κ3) is 4.56. The van der Waals surface area contributed by atoms with Gasteiger partial charge in [0.1, 0.15) is 5.75 Å². The lowest BCUT2D eigenvalue weighted by Crippen LogP contribution is -3.00. The van der Waals surface area contributed by atoms with Crippen LogP contribution in [0.3, 0.4) is 0 Å². The molecule has 3 aromatic rings. The van der Waals surface area contributed by atoms with Crippen LogP contribution in [0.25, 0.3) is 0 Å². The largest absolute Gasteiger partial charge is 1.00 e. The molecular weight excluding hydrogens is 312 g/mol. The fourth-order valence-electron chi connectivity index (χ4n) is 1.98. The standard InChI is InChI=1S/C18H14N2O2.ClH/c21-18(14-5-2-1-3-6-14)20-15-8-10-16(11-9-15)22-17-7-4-12-19-13-17;/h1-13H,(H,20,21);1H. The second kappa shape index (κ2) is 7.96. The Hall–Kier alpha value is -2.85. The summed E-state index contributed by atoms with van der Waals surface area (Å²) in [6.45, 7) is 0. The Morgan fingerprint density at radius 1 is 0.870 bits per heavy atom. The van der Waals surface area contributed by atoms with Gasteiger partial charge in [0.2, 0.25) is 6.20 Å². The molecule has 0 aliphatic heterocycles. The Morgan fingerprint density at radius 2 is 1.61 bits per heavy atom. The van der Waals surface area contributed by atoms with Gasteiger partial charge in [-0.3, -0.25) is 4.79 Å². The molecule has 0 unspecified atom stereocenters. The number of anilines is 1. The maximum atomic E-state index is 12.0. The number of benzene rings is 2. The smallest absolute Gasteiger partial charge is 0.255 e. The monoisotopic (exact) mass is 326 g/mol. The number of ether oxygens (including phenoxy) is 1. The number of carbonyl (C=O) groups is 1. The van der Waals surface area contributed by atoms with Crippen molar-refractivity contribution in [1.82, 2.24) is 0 Å². The van der Waals surface area contributed by atoms with Crippen LogP contribution < -0.4 is 27.4 Å². The predicted molar refractivity (Wildman–Crippen MR) is 83.9 cm³/mol. The third-order valence-electron chi connectivity index (χ3n) is 3.06. The topological polar surface area (TPSA) is 52.5 Å². The number of halogens is 1. The molecule has 0 spiro atoms. The Kier molecular flexibility index (Phi) is 5.72. The van der Waals surface area contributed by atoms with Crippen LogP contribution in [0.1, 0.15) is 10.4 Å². The van der Waals surface area contributed by atoms with Gasteiger partial charge in [-0.05, 0) is 42.5 Å². The zero-order valence-corrected chi connectivity index (χ0v) is 13.0. The molecule has 23 heavy (non-hydrogen) atoms. The summed E-state index contributed by atoms with van der Waals surface area (Å²) in [4.78, 5) is 15.0. The molecule has 0 aliphatic carbocycles. The molecule has 1 aromatic heterocycles. The van der Waals surface area contributed by atoms with Crippen LogP contribution in [0.5, 0.6) is 11.5 Å². The number of nitrogens with one attached hydrogen (secondary N) is 2. The molecule has 116 valence electrons. The maximum absolute atomic E-state index is 12.0. The molecule has 0 radical (unpaired) electrons. The highest BCUT2D eigenvalue weighted by Gasteiger charge is 2.05. The summed E-state index contributed by atoms with van der Waals surface area (Å²) in [6, 6.07) is 20.1. The van der Waals surface area contributed by atoms with Crippen molar-refractivity contribution < 1.29 is 26.9 Å². The van der Waals surface area contributed by atoms with E-state index in [0.717, 1.165) is 11.4 Å². The average Bonchev–Trinajstić information content (AvgIpc) is 2.58. The van der Waals surface area contributed by atoms with Crippen LogP contribution in [-0.4, -0.2) is 5.91 Å². The van der Waals surface area contributed by atoms with E-state index in [-0.39, 0.29) is 18.3 Å². The zero-order valence-electron chi connectivity index (χ0n) is 12.2. The molecule has 0 bridgehead atoms. The first-order valence-corrected chi connectivity index (χ1v) is 6.92. The minimum atomic E-state index is -0.132. The Bertz CT molecular complexity index is 747. The average molecular weight is 327 g/mol. The number of amides is 1. The molecule has 0 fully saturated rings. The van der Waals surface area contributed by atoms with Gasteiger partial charge in [-0.25, -0.2) is 4.98 Å². The molecule has 1 heterocycles. The van der Waals surface area contributed by atoms with Gasteiger partial charge in [0, 0.05) is 17.3 Å². The molecule has 1 amide bonds. The Labute approximate surface area is 140 Å². The molecule has 3 rings (SSSR count). The van der Waals surface area contributed by atoms with Crippen molar-refractivity contribution in [3.63, 3.8) is 0 Å². The number of H-pyrrole nitrogens is 1. The molecule has 4 nitrogen and oxygen atoms in total. The van der Waals surface area contributed by atoms with Gasteiger partial charge >= 0.3 is 0 Å². The Morgan fingerprint density at radius 3 is 2.26 bits per heavy atom. The van der Waals surface area contributed by atoms with E-state index in [1.165, 1.54) is 0 Å². The molecule has 0 saturated carbocycles. The second-order valence-corrected chi connectivity index (χ2v) is 4.69. The van der Waals surface area contributed by atoms with Gasteiger partial charge in [-0.2, -0.15) is 0 Å². The van der Waals surface area contributed by atoms with Gasteiger partial charge < -0.3 is 22.5 Å². The minimum absolute atomic E-state index is 0. The lowest BCUT2D eigenvalue weighted by Gasteiger charge is -2.07. The summed E-state index contributed by atoms with van der Waals surface area (Å²) in [6.07, 6.45) is 3.58. The van der Waals surface area contributed by atoms with E-state index in [2.05, 4.69) is 10.3 Å².